The minimum atomic E-state index is -3.88. The van der Waals surface area contributed by atoms with Gasteiger partial charge in [0.05, 0.1) is 17.0 Å². The molecule has 0 amide bonds. The Morgan fingerprint density at radius 2 is 1.82 bits per heavy atom. The number of hydrogen-bond acceptors (Lipinski definition) is 5. The maximum Gasteiger partial charge on any atom is 0.238 e. The van der Waals surface area contributed by atoms with Crippen LogP contribution >= 0.6 is 12.2 Å². The minimum Gasteiger partial charge on any atom is -0.493 e. The Hall–Kier alpha value is -3.67. The number of benzene rings is 3. The molecule has 0 atom stereocenters. The van der Waals surface area contributed by atoms with E-state index in [0.29, 0.717) is 11.1 Å². The van der Waals surface area contributed by atoms with Crippen molar-refractivity contribution in [1.82, 2.24) is 4.57 Å². The van der Waals surface area contributed by atoms with Gasteiger partial charge in [0.15, 0.2) is 5.69 Å². The van der Waals surface area contributed by atoms with Crippen molar-refractivity contribution in [2.24, 2.45) is 15.4 Å². The van der Waals surface area contributed by atoms with Crippen LogP contribution in [0.25, 0.3) is 10.9 Å². The Balaban J connectivity index is 1.66. The summed E-state index contributed by atoms with van der Waals surface area (Å²) in [4.78, 5) is -0.0932. The number of aromatic hydroxyl groups is 1. The average Bonchev–Trinajstić information content (AvgIpc) is 3.04. The summed E-state index contributed by atoms with van der Waals surface area (Å²) in [6, 6.07) is 19.5. The Morgan fingerprint density at radius 1 is 1.09 bits per heavy atom. The topological polar surface area (TPSA) is 122 Å². The minimum absolute atomic E-state index is 0.0582. The zero-order chi connectivity index (χ0) is 23.6. The lowest BCUT2D eigenvalue weighted by atomic mass is 10.2. The lowest BCUT2D eigenvalue weighted by Crippen LogP contribution is -2.13. The van der Waals surface area contributed by atoms with Crippen LogP contribution < -0.4 is 10.5 Å². The highest BCUT2D eigenvalue weighted by atomic mass is 32.2. The molecule has 1 heterocycles. The van der Waals surface area contributed by atoms with E-state index in [9.17, 15) is 17.9 Å². The van der Waals surface area contributed by atoms with Gasteiger partial charge in [-0.2, -0.15) is 0 Å². The van der Waals surface area contributed by atoms with Gasteiger partial charge in [0.2, 0.25) is 21.0 Å². The molecule has 0 unspecified atom stereocenters. The molecule has 0 saturated carbocycles. The molecule has 3 aromatic carbocycles. The van der Waals surface area contributed by atoms with E-state index in [0.717, 1.165) is 5.56 Å². The highest BCUT2D eigenvalue weighted by Gasteiger charge is 2.20. The third-order valence-electron chi connectivity index (χ3n) is 4.82. The number of aromatic nitrogens is 1. The number of nitrogens with zero attached hydrogens (tertiary/aromatic N) is 3. The van der Waals surface area contributed by atoms with Gasteiger partial charge >= 0.3 is 0 Å². The maximum atomic E-state index is 14.7. The first-order valence-corrected chi connectivity index (χ1v) is 11.6. The summed E-state index contributed by atoms with van der Waals surface area (Å²) in [6.45, 7) is 0.225. The first-order chi connectivity index (χ1) is 15.7. The number of para-hydroxylation sites is 1. The summed E-state index contributed by atoms with van der Waals surface area (Å²) in [5.74, 6) is -0.776. The van der Waals surface area contributed by atoms with Crippen LogP contribution in [0.2, 0.25) is 0 Å². The number of thiocarbonyl (C=S) groups is 1. The van der Waals surface area contributed by atoms with Crippen LogP contribution in [0.4, 0.5) is 15.8 Å². The molecule has 168 valence electrons. The molecule has 11 heteroatoms. The van der Waals surface area contributed by atoms with Crippen molar-refractivity contribution < 1.29 is 17.9 Å². The lowest BCUT2D eigenvalue weighted by molar-refractivity contribution is 0.428. The van der Waals surface area contributed by atoms with E-state index in [4.69, 9.17) is 17.4 Å². The van der Waals surface area contributed by atoms with Crippen LogP contribution in [-0.4, -0.2) is 23.2 Å². The SMILES string of the molecule is NS(=O)(=O)c1cccc(NC(=S)N=Nc2c(O)n(Cc3ccccc3)c3c(F)cccc23)c1. The number of halogens is 1. The van der Waals surface area contributed by atoms with Gasteiger partial charge in [0.25, 0.3) is 0 Å². The number of nitrogens with one attached hydrogen (secondary N) is 1. The van der Waals surface area contributed by atoms with Crippen LogP contribution in [-0.2, 0) is 16.6 Å². The van der Waals surface area contributed by atoms with Crippen LogP contribution in [0.3, 0.4) is 0 Å². The van der Waals surface area contributed by atoms with Gasteiger partial charge in [0, 0.05) is 11.1 Å². The summed E-state index contributed by atoms with van der Waals surface area (Å²) in [6.07, 6.45) is 0. The second kappa shape index (κ2) is 9.06. The van der Waals surface area contributed by atoms with E-state index in [2.05, 4.69) is 15.5 Å². The normalized spacial score (nSPS) is 11.8. The predicted molar refractivity (Wildman–Crippen MR) is 128 cm³/mol. The standard InChI is InChI=1S/C22H18FN5O3S2/c23-18-11-5-10-17-19(21(29)28(20(17)18)13-14-6-2-1-3-7-14)26-27-22(32)25-15-8-4-9-16(12-15)33(24,30)31/h1-12,29H,13H2,(H,25,32)(H2,24,30,31). The molecule has 4 rings (SSSR count). The van der Waals surface area contributed by atoms with Crippen LogP contribution in [0.1, 0.15) is 5.56 Å². The number of fused-ring (bicyclic) bond motifs is 1. The van der Waals surface area contributed by atoms with E-state index in [1.807, 2.05) is 30.3 Å². The number of anilines is 1. The summed E-state index contributed by atoms with van der Waals surface area (Å²) in [5, 5.41) is 26.9. The van der Waals surface area contributed by atoms with E-state index in [1.54, 1.807) is 12.1 Å². The molecule has 0 bridgehead atoms. The predicted octanol–water partition coefficient (Wildman–Crippen LogP) is 4.66. The van der Waals surface area contributed by atoms with Crippen molar-refractivity contribution in [1.29, 1.82) is 0 Å². The van der Waals surface area contributed by atoms with Crippen molar-refractivity contribution in [3.05, 3.63) is 84.2 Å². The molecule has 0 aliphatic heterocycles. The van der Waals surface area contributed by atoms with Crippen molar-refractivity contribution in [3.8, 4) is 5.88 Å². The number of rotatable bonds is 5. The third-order valence-corrected chi connectivity index (χ3v) is 5.91. The summed E-state index contributed by atoms with van der Waals surface area (Å²) in [5.41, 5.74) is 1.45. The molecular weight excluding hydrogens is 465 g/mol. The zero-order valence-electron chi connectivity index (χ0n) is 17.0. The second-order valence-corrected chi connectivity index (χ2v) is 9.03. The van der Waals surface area contributed by atoms with Crippen LogP contribution in [0.15, 0.2) is 87.9 Å². The average molecular weight is 484 g/mol. The van der Waals surface area contributed by atoms with Gasteiger partial charge in [0.1, 0.15) is 5.82 Å². The molecule has 0 spiro atoms. The second-order valence-electron chi connectivity index (χ2n) is 7.08. The fourth-order valence-electron chi connectivity index (χ4n) is 3.35. The number of azo groups is 1. The number of primary sulfonamides is 1. The largest absolute Gasteiger partial charge is 0.493 e. The highest BCUT2D eigenvalue weighted by Crippen LogP contribution is 2.40. The van der Waals surface area contributed by atoms with Crippen LogP contribution in [0.5, 0.6) is 5.88 Å². The van der Waals surface area contributed by atoms with E-state index in [-0.39, 0.29) is 33.6 Å². The van der Waals surface area contributed by atoms with Gasteiger partial charge in [-0.25, -0.2) is 17.9 Å². The van der Waals surface area contributed by atoms with Gasteiger partial charge < -0.3 is 15.0 Å². The molecule has 33 heavy (non-hydrogen) atoms. The number of nitrogens with two attached hydrogens (primary N) is 1. The zero-order valence-corrected chi connectivity index (χ0v) is 18.6. The molecular formula is C22H18FN5O3S2. The Kier molecular flexibility index (Phi) is 6.18. The molecule has 0 saturated heterocycles. The lowest BCUT2D eigenvalue weighted by Gasteiger charge is -2.07. The molecule has 0 aliphatic rings. The van der Waals surface area contributed by atoms with Gasteiger partial charge in [-0.05, 0) is 42.0 Å². The smallest absolute Gasteiger partial charge is 0.238 e. The number of sulfonamides is 1. The van der Waals surface area contributed by atoms with Gasteiger partial charge in [-0.3, -0.25) is 0 Å². The van der Waals surface area contributed by atoms with E-state index >= 15 is 0 Å². The number of hydrogen-bond donors (Lipinski definition) is 3. The van der Waals surface area contributed by atoms with Gasteiger partial charge in [-0.1, -0.05) is 48.5 Å². The molecule has 4 aromatic rings. The third kappa shape index (κ3) is 4.90. The molecule has 1 aromatic heterocycles. The molecule has 0 aliphatic carbocycles. The van der Waals surface area contributed by atoms with Crippen LogP contribution in [0, 0.1) is 5.82 Å². The first kappa shape index (κ1) is 22.5. The highest BCUT2D eigenvalue weighted by molar-refractivity contribution is 7.89. The van der Waals surface area contributed by atoms with Crippen molar-refractivity contribution in [2.45, 2.75) is 11.4 Å². The Labute approximate surface area is 194 Å². The monoisotopic (exact) mass is 483 g/mol. The Bertz CT molecular complexity index is 1480. The quantitative estimate of drug-likeness (QED) is 0.281. The fraction of sp³-hybridized carbons (Fsp3) is 0.0455. The van der Waals surface area contributed by atoms with Crippen molar-refractivity contribution in [2.75, 3.05) is 5.32 Å². The maximum absolute atomic E-state index is 14.7. The Morgan fingerprint density at radius 3 is 2.55 bits per heavy atom. The van der Waals surface area contributed by atoms with Crippen molar-refractivity contribution >= 4 is 49.6 Å². The summed E-state index contributed by atoms with van der Waals surface area (Å²) >= 11 is 5.16. The molecule has 4 N–H and O–H groups in total. The first-order valence-electron chi connectivity index (χ1n) is 9.63. The van der Waals surface area contributed by atoms with Crippen molar-refractivity contribution in [3.63, 3.8) is 0 Å². The molecule has 0 radical (unpaired) electrons. The molecule has 8 nitrogen and oxygen atoms in total. The van der Waals surface area contributed by atoms with E-state index < -0.39 is 15.8 Å². The fourth-order valence-corrected chi connectivity index (χ4v) is 4.07. The summed E-state index contributed by atoms with van der Waals surface area (Å²) < 4.78 is 39.1. The van der Waals surface area contributed by atoms with Gasteiger partial charge in [-0.15, -0.1) is 10.2 Å². The van der Waals surface area contributed by atoms with E-state index in [1.165, 1.54) is 34.9 Å². The summed E-state index contributed by atoms with van der Waals surface area (Å²) in [7, 11) is -3.88. The molecule has 0 fully saturated rings.